The topological polar surface area (TPSA) is 83.8 Å². The van der Waals surface area contributed by atoms with E-state index in [2.05, 4.69) is 15.3 Å². The molecule has 90 valence electrons. The third-order valence-corrected chi connectivity index (χ3v) is 2.21. The number of aromatic nitrogens is 2. The van der Waals surface area contributed by atoms with Crippen molar-refractivity contribution in [2.75, 3.05) is 0 Å². The monoisotopic (exact) mass is 224 g/mol. The van der Waals surface area contributed by atoms with E-state index in [-0.39, 0.29) is 11.9 Å². The van der Waals surface area contributed by atoms with Crippen LogP contribution in [0, 0.1) is 0 Å². The van der Waals surface area contributed by atoms with Crippen LogP contribution in [0.2, 0.25) is 0 Å². The summed E-state index contributed by atoms with van der Waals surface area (Å²) < 4.78 is 0. The quantitative estimate of drug-likeness (QED) is 0.700. The average molecular weight is 224 g/mol. The molecule has 0 fully saturated rings. The van der Waals surface area contributed by atoms with E-state index in [4.69, 9.17) is 5.73 Å². The van der Waals surface area contributed by atoms with Crippen LogP contribution in [-0.2, 0) is 4.79 Å². The van der Waals surface area contributed by atoms with Gasteiger partial charge in [-0.25, -0.2) is 4.98 Å². The maximum atomic E-state index is 11.7. The van der Waals surface area contributed by atoms with Gasteiger partial charge in [-0.1, -0.05) is 6.92 Å². The second-order valence-electron chi connectivity index (χ2n) is 4.67. The number of hydrogen-bond acceptors (Lipinski definition) is 3. The third-order valence-electron chi connectivity index (χ3n) is 2.21. The molecule has 0 spiro atoms. The van der Waals surface area contributed by atoms with Gasteiger partial charge in [0.1, 0.15) is 5.82 Å². The minimum Gasteiger partial charge on any atom is -0.347 e. The van der Waals surface area contributed by atoms with E-state index in [9.17, 15) is 4.79 Å². The predicted octanol–water partition coefficient (Wildman–Crippen LogP) is 1.10. The Bertz CT molecular complexity index is 326. The third kappa shape index (κ3) is 4.02. The summed E-state index contributed by atoms with van der Waals surface area (Å²) in [7, 11) is 0. The van der Waals surface area contributed by atoms with Crippen molar-refractivity contribution >= 4 is 5.91 Å². The second kappa shape index (κ2) is 5.12. The predicted molar refractivity (Wildman–Crippen MR) is 62.6 cm³/mol. The van der Waals surface area contributed by atoms with Crippen molar-refractivity contribution < 1.29 is 4.79 Å². The summed E-state index contributed by atoms with van der Waals surface area (Å²) in [6, 6.07) is -0.0650. The molecule has 1 rings (SSSR count). The summed E-state index contributed by atoms with van der Waals surface area (Å²) in [4.78, 5) is 18.8. The number of amides is 1. The maximum absolute atomic E-state index is 11.7. The number of nitrogens with zero attached hydrogens (tertiary/aromatic N) is 1. The molecule has 1 unspecified atom stereocenters. The summed E-state index contributed by atoms with van der Waals surface area (Å²) >= 11 is 0. The van der Waals surface area contributed by atoms with Crippen molar-refractivity contribution in [1.29, 1.82) is 0 Å². The van der Waals surface area contributed by atoms with E-state index in [1.165, 1.54) is 0 Å². The molecule has 0 aliphatic heterocycles. The van der Waals surface area contributed by atoms with Gasteiger partial charge in [-0.2, -0.15) is 0 Å². The van der Waals surface area contributed by atoms with Gasteiger partial charge in [-0.15, -0.1) is 0 Å². The van der Waals surface area contributed by atoms with Gasteiger partial charge in [-0.05, 0) is 20.3 Å². The van der Waals surface area contributed by atoms with Crippen LogP contribution in [0.5, 0.6) is 0 Å². The molecule has 0 bridgehead atoms. The minimum absolute atomic E-state index is 0.0456. The molecule has 1 atom stereocenters. The van der Waals surface area contributed by atoms with E-state index in [0.29, 0.717) is 6.42 Å². The molecule has 0 saturated heterocycles. The average Bonchev–Trinajstić information content (AvgIpc) is 2.63. The molecule has 5 nitrogen and oxygen atoms in total. The van der Waals surface area contributed by atoms with Gasteiger partial charge in [0.2, 0.25) is 5.91 Å². The molecule has 1 aromatic heterocycles. The lowest BCUT2D eigenvalue weighted by Gasteiger charge is -2.20. The highest BCUT2D eigenvalue weighted by molar-refractivity contribution is 5.77. The Morgan fingerprint density at radius 3 is 2.81 bits per heavy atom. The molecule has 1 aromatic rings. The number of carbonyl (C=O) groups excluding carboxylic acids is 1. The highest BCUT2D eigenvalue weighted by atomic mass is 16.1. The van der Waals surface area contributed by atoms with Gasteiger partial charge >= 0.3 is 0 Å². The molecular formula is C11H20N4O. The van der Waals surface area contributed by atoms with E-state index in [1.807, 2.05) is 20.8 Å². The van der Waals surface area contributed by atoms with Gasteiger partial charge in [0.05, 0.1) is 6.04 Å². The molecule has 1 heterocycles. The van der Waals surface area contributed by atoms with Crippen LogP contribution in [0.1, 0.15) is 45.5 Å². The molecule has 4 N–H and O–H groups in total. The van der Waals surface area contributed by atoms with Crippen LogP contribution < -0.4 is 11.1 Å². The first-order valence-corrected chi connectivity index (χ1v) is 5.50. The minimum atomic E-state index is -0.481. The highest BCUT2D eigenvalue weighted by Gasteiger charge is 2.20. The van der Waals surface area contributed by atoms with Crippen molar-refractivity contribution in [3.8, 4) is 0 Å². The highest BCUT2D eigenvalue weighted by Crippen LogP contribution is 2.12. The summed E-state index contributed by atoms with van der Waals surface area (Å²) in [5, 5.41) is 2.91. The number of nitrogens with two attached hydrogens (primary N) is 1. The molecule has 0 aliphatic rings. The number of rotatable bonds is 5. The SMILES string of the molecule is CCC(NC(=O)CC(C)(C)N)c1ncc[nH]1. The standard InChI is InChI=1S/C11H20N4O/c1-4-8(10-13-5-6-14-10)15-9(16)7-11(2,3)12/h5-6,8H,4,7,12H2,1-3H3,(H,13,14)(H,15,16). The Kier molecular flexibility index (Phi) is 4.06. The first-order valence-electron chi connectivity index (χ1n) is 5.50. The van der Waals surface area contributed by atoms with Crippen molar-refractivity contribution in [1.82, 2.24) is 15.3 Å². The van der Waals surface area contributed by atoms with Crippen LogP contribution in [-0.4, -0.2) is 21.4 Å². The second-order valence-corrected chi connectivity index (χ2v) is 4.67. The zero-order valence-electron chi connectivity index (χ0n) is 10.1. The van der Waals surface area contributed by atoms with Crippen molar-refractivity contribution in [2.45, 2.75) is 45.2 Å². The Labute approximate surface area is 95.8 Å². The first-order chi connectivity index (χ1) is 7.42. The largest absolute Gasteiger partial charge is 0.347 e. The summed E-state index contributed by atoms with van der Waals surface area (Å²) in [5.74, 6) is 0.737. The van der Waals surface area contributed by atoms with Crippen LogP contribution in [0.15, 0.2) is 12.4 Å². The summed E-state index contributed by atoms with van der Waals surface area (Å²) in [6.45, 7) is 5.67. The van der Waals surface area contributed by atoms with Crippen LogP contribution >= 0.6 is 0 Å². The van der Waals surface area contributed by atoms with E-state index < -0.39 is 5.54 Å². The van der Waals surface area contributed by atoms with Crippen molar-refractivity contribution in [2.24, 2.45) is 5.73 Å². The lowest BCUT2D eigenvalue weighted by atomic mass is 10.0. The number of carbonyl (C=O) groups is 1. The van der Waals surface area contributed by atoms with Crippen LogP contribution in [0.25, 0.3) is 0 Å². The summed E-state index contributed by atoms with van der Waals surface area (Å²) in [5.41, 5.74) is 5.31. The van der Waals surface area contributed by atoms with Crippen molar-refractivity contribution in [3.05, 3.63) is 18.2 Å². The molecular weight excluding hydrogens is 204 g/mol. The molecule has 0 radical (unpaired) electrons. The number of aromatic amines is 1. The normalized spacial score (nSPS) is 13.5. The van der Waals surface area contributed by atoms with E-state index >= 15 is 0 Å². The Hall–Kier alpha value is -1.36. The number of H-pyrrole nitrogens is 1. The zero-order valence-corrected chi connectivity index (χ0v) is 10.1. The summed E-state index contributed by atoms with van der Waals surface area (Å²) in [6.07, 6.45) is 4.53. The smallest absolute Gasteiger partial charge is 0.222 e. The fraction of sp³-hybridized carbons (Fsp3) is 0.636. The first kappa shape index (κ1) is 12.7. The number of imidazole rings is 1. The molecule has 0 aromatic carbocycles. The van der Waals surface area contributed by atoms with E-state index in [1.54, 1.807) is 12.4 Å². The Morgan fingerprint density at radius 2 is 2.38 bits per heavy atom. The lowest BCUT2D eigenvalue weighted by Crippen LogP contribution is -2.40. The molecule has 1 amide bonds. The van der Waals surface area contributed by atoms with Crippen LogP contribution in [0.4, 0.5) is 0 Å². The molecule has 16 heavy (non-hydrogen) atoms. The zero-order chi connectivity index (χ0) is 12.2. The van der Waals surface area contributed by atoms with Gasteiger partial charge in [0.15, 0.2) is 0 Å². The Morgan fingerprint density at radius 1 is 1.69 bits per heavy atom. The van der Waals surface area contributed by atoms with Gasteiger partial charge in [0.25, 0.3) is 0 Å². The number of nitrogens with one attached hydrogen (secondary N) is 2. The van der Waals surface area contributed by atoms with Gasteiger partial charge in [-0.3, -0.25) is 4.79 Å². The molecule has 0 saturated carbocycles. The van der Waals surface area contributed by atoms with Gasteiger partial charge < -0.3 is 16.0 Å². The molecule has 5 heteroatoms. The van der Waals surface area contributed by atoms with Crippen LogP contribution in [0.3, 0.4) is 0 Å². The van der Waals surface area contributed by atoms with E-state index in [0.717, 1.165) is 12.2 Å². The van der Waals surface area contributed by atoms with Gasteiger partial charge in [0, 0.05) is 24.4 Å². The van der Waals surface area contributed by atoms with Crippen molar-refractivity contribution in [3.63, 3.8) is 0 Å². The fourth-order valence-corrected chi connectivity index (χ4v) is 1.49. The Balaban J connectivity index is 2.55. The lowest BCUT2D eigenvalue weighted by molar-refractivity contribution is -0.122. The number of hydrogen-bond donors (Lipinski definition) is 3. The maximum Gasteiger partial charge on any atom is 0.222 e. The fourth-order valence-electron chi connectivity index (χ4n) is 1.49. The molecule has 0 aliphatic carbocycles.